The second-order valence-corrected chi connectivity index (χ2v) is 6.96. The number of carbonyl (C=O) groups excluding carboxylic acids is 1. The molecule has 108 valence electrons. The van der Waals surface area contributed by atoms with Gasteiger partial charge in [-0.05, 0) is 43.5 Å². The van der Waals surface area contributed by atoms with Crippen LogP contribution in [-0.2, 0) is 15.6 Å². The summed E-state index contributed by atoms with van der Waals surface area (Å²) in [5.74, 6) is 0.768. The number of nitriles is 1. The molecule has 1 aromatic rings. The maximum Gasteiger partial charge on any atom is 0.239 e. The highest BCUT2D eigenvalue weighted by molar-refractivity contribution is 7.86. The Morgan fingerprint density at radius 1 is 1.30 bits per heavy atom. The number of hydrogen-bond donors (Lipinski definition) is 1. The van der Waals surface area contributed by atoms with E-state index in [1.807, 2.05) is 6.07 Å². The molecule has 0 aliphatic heterocycles. The lowest BCUT2D eigenvalue weighted by atomic mass is 10.2. The minimum atomic E-state index is -1.16. The Balaban J connectivity index is 2.56. The highest BCUT2D eigenvalue weighted by atomic mass is 32.2. The van der Waals surface area contributed by atoms with Crippen LogP contribution in [0.3, 0.4) is 0 Å². The first-order valence-corrected chi connectivity index (χ1v) is 8.00. The number of hydrogen-bond acceptors (Lipinski definition) is 3. The lowest BCUT2D eigenvalue weighted by Crippen LogP contribution is -2.30. The molecule has 2 atom stereocenters. The molecule has 0 heterocycles. The van der Waals surface area contributed by atoms with Crippen molar-refractivity contribution in [1.29, 1.82) is 5.26 Å². The number of carbonyl (C=O) groups is 1. The number of nitrogens with one attached hydrogen (secondary N) is 1. The molecule has 1 aromatic carbocycles. The Hall–Kier alpha value is -1.67. The largest absolute Gasteiger partial charge is 0.325 e. The summed E-state index contributed by atoms with van der Waals surface area (Å²) in [6.07, 6.45) is 0.848. The topological polar surface area (TPSA) is 70.0 Å². The van der Waals surface area contributed by atoms with Gasteiger partial charge in [-0.25, -0.2) is 0 Å². The highest BCUT2D eigenvalue weighted by Crippen LogP contribution is 2.11. The fourth-order valence-electron chi connectivity index (χ4n) is 1.52. The quantitative estimate of drug-likeness (QED) is 0.876. The van der Waals surface area contributed by atoms with Crippen LogP contribution in [0.5, 0.6) is 0 Å². The molecule has 20 heavy (non-hydrogen) atoms. The normalized spacial score (nSPS) is 13.6. The second-order valence-electron chi connectivity index (χ2n) is 5.09. The minimum absolute atomic E-state index is 0.253. The molecule has 1 N–H and O–H groups in total. The molecule has 0 saturated heterocycles. The molecule has 1 amide bonds. The van der Waals surface area contributed by atoms with E-state index in [9.17, 15) is 9.00 Å². The average molecular weight is 292 g/mol. The van der Waals surface area contributed by atoms with Crippen LogP contribution in [0.25, 0.3) is 0 Å². The third kappa shape index (κ3) is 5.14. The van der Waals surface area contributed by atoms with Crippen LogP contribution in [0.1, 0.15) is 32.8 Å². The predicted molar refractivity (Wildman–Crippen MR) is 81.7 cm³/mol. The Labute approximate surface area is 122 Å². The molecule has 0 fully saturated rings. The van der Waals surface area contributed by atoms with Crippen molar-refractivity contribution in [2.45, 2.75) is 32.4 Å². The van der Waals surface area contributed by atoms with Crippen molar-refractivity contribution < 1.29 is 9.00 Å². The number of nitrogens with zero attached hydrogens (tertiary/aromatic N) is 1. The number of benzene rings is 1. The molecule has 0 spiro atoms. The van der Waals surface area contributed by atoms with Crippen LogP contribution in [0, 0.1) is 17.2 Å². The molecular formula is C15H20N2O2S. The van der Waals surface area contributed by atoms with Crippen molar-refractivity contribution >= 4 is 22.4 Å². The molecule has 0 radical (unpaired) electrons. The van der Waals surface area contributed by atoms with Crippen LogP contribution >= 0.6 is 0 Å². The lowest BCUT2D eigenvalue weighted by Gasteiger charge is -2.13. The van der Waals surface area contributed by atoms with Crippen LogP contribution in [-0.4, -0.2) is 21.1 Å². The summed E-state index contributed by atoms with van der Waals surface area (Å²) in [5, 5.41) is 10.9. The Morgan fingerprint density at radius 2 is 1.90 bits per heavy atom. The van der Waals surface area contributed by atoms with Gasteiger partial charge in [0.15, 0.2) is 0 Å². The van der Waals surface area contributed by atoms with Gasteiger partial charge in [0, 0.05) is 22.2 Å². The monoisotopic (exact) mass is 292 g/mol. The SMILES string of the molecule is CC(C)CCS(=O)C(C)C(=O)Nc1ccc(C#N)cc1. The smallest absolute Gasteiger partial charge is 0.239 e. The predicted octanol–water partition coefficient (Wildman–Crippen LogP) is 2.68. The van der Waals surface area contributed by atoms with Gasteiger partial charge in [-0.3, -0.25) is 9.00 Å². The van der Waals surface area contributed by atoms with Gasteiger partial charge in [0.2, 0.25) is 5.91 Å². The van der Waals surface area contributed by atoms with E-state index < -0.39 is 16.0 Å². The van der Waals surface area contributed by atoms with Crippen LogP contribution in [0.2, 0.25) is 0 Å². The molecule has 0 saturated carbocycles. The van der Waals surface area contributed by atoms with Crippen LogP contribution < -0.4 is 5.32 Å². The van der Waals surface area contributed by atoms with Gasteiger partial charge in [-0.1, -0.05) is 13.8 Å². The number of amides is 1. The molecule has 0 bridgehead atoms. The average Bonchev–Trinajstić information content (AvgIpc) is 2.44. The first kappa shape index (κ1) is 16.4. The van der Waals surface area contributed by atoms with Crippen molar-refractivity contribution in [3.63, 3.8) is 0 Å². The van der Waals surface area contributed by atoms with Gasteiger partial charge in [0.25, 0.3) is 0 Å². The molecular weight excluding hydrogens is 272 g/mol. The molecule has 0 aliphatic rings. The van der Waals surface area contributed by atoms with Gasteiger partial charge < -0.3 is 5.32 Å². The molecule has 0 aromatic heterocycles. The standard InChI is InChI=1S/C15H20N2O2S/c1-11(2)8-9-20(19)12(3)15(18)17-14-6-4-13(10-16)5-7-14/h4-7,11-12H,8-9H2,1-3H3,(H,17,18). The summed E-state index contributed by atoms with van der Waals surface area (Å²) in [5.41, 5.74) is 1.15. The van der Waals surface area contributed by atoms with Gasteiger partial charge in [0.05, 0.1) is 11.6 Å². The second kappa shape index (κ2) is 7.81. The third-order valence-electron chi connectivity index (χ3n) is 2.94. The summed E-state index contributed by atoms with van der Waals surface area (Å²) in [4.78, 5) is 12.0. The van der Waals surface area contributed by atoms with Gasteiger partial charge in [0.1, 0.15) is 5.25 Å². The van der Waals surface area contributed by atoms with E-state index in [1.165, 1.54) is 0 Å². The lowest BCUT2D eigenvalue weighted by molar-refractivity contribution is -0.115. The summed E-state index contributed by atoms with van der Waals surface area (Å²) in [6, 6.07) is 8.62. The fourth-order valence-corrected chi connectivity index (χ4v) is 2.87. The molecule has 2 unspecified atom stereocenters. The van der Waals surface area contributed by atoms with E-state index in [4.69, 9.17) is 5.26 Å². The van der Waals surface area contributed by atoms with E-state index in [2.05, 4.69) is 19.2 Å². The van der Waals surface area contributed by atoms with Crippen molar-refractivity contribution in [3.05, 3.63) is 29.8 Å². The van der Waals surface area contributed by atoms with E-state index in [0.717, 1.165) is 6.42 Å². The van der Waals surface area contributed by atoms with Crippen molar-refractivity contribution in [2.24, 2.45) is 5.92 Å². The van der Waals surface area contributed by atoms with E-state index in [0.29, 0.717) is 22.9 Å². The van der Waals surface area contributed by atoms with Crippen molar-refractivity contribution in [1.82, 2.24) is 0 Å². The van der Waals surface area contributed by atoms with Crippen molar-refractivity contribution in [2.75, 3.05) is 11.1 Å². The van der Waals surface area contributed by atoms with E-state index in [-0.39, 0.29) is 5.91 Å². The van der Waals surface area contributed by atoms with Gasteiger partial charge >= 0.3 is 0 Å². The molecule has 0 aliphatic carbocycles. The Bertz CT molecular complexity index is 518. The first-order valence-electron chi connectivity index (χ1n) is 6.62. The first-order chi connectivity index (χ1) is 9.43. The Morgan fingerprint density at radius 3 is 2.40 bits per heavy atom. The zero-order valence-corrected chi connectivity index (χ0v) is 12.9. The van der Waals surface area contributed by atoms with Crippen LogP contribution in [0.15, 0.2) is 24.3 Å². The number of anilines is 1. The third-order valence-corrected chi connectivity index (χ3v) is 4.58. The highest BCUT2D eigenvalue weighted by Gasteiger charge is 2.20. The van der Waals surface area contributed by atoms with Gasteiger partial charge in [-0.15, -0.1) is 0 Å². The summed E-state index contributed by atoms with van der Waals surface area (Å²) in [6.45, 7) is 5.81. The zero-order chi connectivity index (χ0) is 15.1. The van der Waals surface area contributed by atoms with E-state index in [1.54, 1.807) is 31.2 Å². The van der Waals surface area contributed by atoms with Crippen LogP contribution in [0.4, 0.5) is 5.69 Å². The minimum Gasteiger partial charge on any atom is -0.325 e. The summed E-state index contributed by atoms with van der Waals surface area (Å²) < 4.78 is 12.0. The summed E-state index contributed by atoms with van der Waals surface area (Å²) in [7, 11) is -1.16. The number of rotatable bonds is 6. The van der Waals surface area contributed by atoms with Crippen molar-refractivity contribution in [3.8, 4) is 6.07 Å². The molecule has 5 heteroatoms. The molecule has 4 nitrogen and oxygen atoms in total. The Kier molecular flexibility index (Phi) is 6.40. The molecule has 1 rings (SSSR count). The maximum atomic E-state index is 12.0. The maximum absolute atomic E-state index is 12.0. The zero-order valence-electron chi connectivity index (χ0n) is 12.1. The van der Waals surface area contributed by atoms with E-state index >= 15 is 0 Å². The fraction of sp³-hybridized carbons (Fsp3) is 0.467. The van der Waals surface area contributed by atoms with Gasteiger partial charge in [-0.2, -0.15) is 5.26 Å². The summed E-state index contributed by atoms with van der Waals surface area (Å²) >= 11 is 0.